The summed E-state index contributed by atoms with van der Waals surface area (Å²) in [5, 5.41) is 8.22. The van der Waals surface area contributed by atoms with Gasteiger partial charge in [0.2, 0.25) is 0 Å². The van der Waals surface area contributed by atoms with Gasteiger partial charge in [-0.2, -0.15) is 5.10 Å². The average Bonchev–Trinajstić information content (AvgIpc) is 3.11. The van der Waals surface area contributed by atoms with Crippen LogP contribution in [0.15, 0.2) is 66.7 Å². The number of benzene rings is 3. The average molecular weight is 429 g/mol. The number of hydrogen-bond acceptors (Lipinski definition) is 3. The van der Waals surface area contributed by atoms with E-state index < -0.39 is 0 Å². The highest BCUT2D eigenvalue weighted by atomic mass is 35.5. The monoisotopic (exact) mass is 428 g/mol. The standard InChI is InChI=1S/C25H21ClN4O/c1-15-20-12-10-16-9-11-18(28-25(31)21-7-2-3-8-23(21)26)14-22(16)24(20)30(29-15)19-6-4-5-17(27)13-19/h2-9,11,13-14H,10,12,27H2,1H3,(H,28,31). The Labute approximate surface area is 185 Å². The van der Waals surface area contributed by atoms with Crippen molar-refractivity contribution in [3.8, 4) is 16.9 Å². The van der Waals surface area contributed by atoms with Crippen LogP contribution in [0.4, 0.5) is 11.4 Å². The van der Waals surface area contributed by atoms with Crippen LogP contribution in [0.3, 0.4) is 0 Å². The molecule has 6 heteroatoms. The lowest BCUT2D eigenvalue weighted by Gasteiger charge is -2.20. The molecule has 1 amide bonds. The number of nitrogens with one attached hydrogen (secondary N) is 1. The summed E-state index contributed by atoms with van der Waals surface area (Å²) in [6.45, 7) is 2.04. The van der Waals surface area contributed by atoms with E-state index >= 15 is 0 Å². The Bertz CT molecular complexity index is 1330. The summed E-state index contributed by atoms with van der Waals surface area (Å²) >= 11 is 6.19. The molecule has 0 spiro atoms. The molecule has 3 aromatic carbocycles. The van der Waals surface area contributed by atoms with Crippen molar-refractivity contribution in [2.24, 2.45) is 0 Å². The molecule has 0 radical (unpaired) electrons. The van der Waals surface area contributed by atoms with E-state index in [-0.39, 0.29) is 5.91 Å². The second kappa shape index (κ2) is 7.60. The number of carbonyl (C=O) groups excluding carboxylic acids is 1. The summed E-state index contributed by atoms with van der Waals surface area (Å²) < 4.78 is 1.96. The molecule has 5 rings (SSSR count). The molecule has 0 saturated heterocycles. The molecule has 1 aromatic heterocycles. The SMILES string of the molecule is Cc1nn(-c2cccc(N)c2)c2c1CCc1ccc(NC(=O)c3ccccc3Cl)cc1-2. The highest BCUT2D eigenvalue weighted by molar-refractivity contribution is 6.34. The number of hydrogen-bond donors (Lipinski definition) is 2. The molecule has 154 valence electrons. The molecule has 31 heavy (non-hydrogen) atoms. The van der Waals surface area contributed by atoms with Crippen molar-refractivity contribution in [2.75, 3.05) is 11.1 Å². The minimum absolute atomic E-state index is 0.234. The number of aromatic nitrogens is 2. The van der Waals surface area contributed by atoms with Crippen LogP contribution in [0.5, 0.6) is 0 Å². The van der Waals surface area contributed by atoms with E-state index in [2.05, 4.69) is 11.4 Å². The summed E-state index contributed by atoms with van der Waals surface area (Å²) in [6.07, 6.45) is 1.87. The Kier molecular flexibility index (Phi) is 4.75. The van der Waals surface area contributed by atoms with E-state index in [1.165, 1.54) is 11.1 Å². The van der Waals surface area contributed by atoms with Crippen molar-refractivity contribution in [1.82, 2.24) is 9.78 Å². The smallest absolute Gasteiger partial charge is 0.257 e. The zero-order valence-electron chi connectivity index (χ0n) is 17.0. The van der Waals surface area contributed by atoms with E-state index in [4.69, 9.17) is 22.4 Å². The first-order valence-corrected chi connectivity index (χ1v) is 10.5. The van der Waals surface area contributed by atoms with Gasteiger partial charge in [-0.1, -0.05) is 35.9 Å². The fourth-order valence-corrected chi connectivity index (χ4v) is 4.40. The number of halogens is 1. The lowest BCUT2D eigenvalue weighted by Crippen LogP contribution is -2.13. The van der Waals surface area contributed by atoms with Gasteiger partial charge in [-0.05, 0) is 67.8 Å². The third-order valence-electron chi connectivity index (χ3n) is 5.68. The van der Waals surface area contributed by atoms with Gasteiger partial charge in [0.1, 0.15) is 0 Å². The van der Waals surface area contributed by atoms with Gasteiger partial charge in [0, 0.05) is 22.5 Å². The number of rotatable bonds is 3. The maximum atomic E-state index is 12.8. The largest absolute Gasteiger partial charge is 0.399 e. The molecule has 0 atom stereocenters. The molecule has 0 fully saturated rings. The number of carbonyl (C=O) groups is 1. The van der Waals surface area contributed by atoms with Gasteiger partial charge in [-0.15, -0.1) is 0 Å². The van der Waals surface area contributed by atoms with E-state index in [0.29, 0.717) is 16.3 Å². The molecule has 0 aliphatic heterocycles. The van der Waals surface area contributed by atoms with Crippen LogP contribution in [0.25, 0.3) is 16.9 Å². The third-order valence-corrected chi connectivity index (χ3v) is 6.01. The first-order chi connectivity index (χ1) is 15.0. The molecule has 1 aliphatic carbocycles. The number of amides is 1. The van der Waals surface area contributed by atoms with Crippen LogP contribution in [-0.2, 0) is 12.8 Å². The van der Waals surface area contributed by atoms with Crippen molar-refractivity contribution in [1.29, 1.82) is 0 Å². The Hall–Kier alpha value is -3.57. The Morgan fingerprint density at radius 3 is 2.71 bits per heavy atom. The Morgan fingerprint density at radius 1 is 1.06 bits per heavy atom. The van der Waals surface area contributed by atoms with Crippen LogP contribution < -0.4 is 11.1 Å². The van der Waals surface area contributed by atoms with Crippen LogP contribution in [0.1, 0.15) is 27.2 Å². The van der Waals surface area contributed by atoms with Crippen molar-refractivity contribution in [2.45, 2.75) is 19.8 Å². The van der Waals surface area contributed by atoms with E-state index in [1.54, 1.807) is 24.3 Å². The third kappa shape index (κ3) is 3.47. The van der Waals surface area contributed by atoms with Crippen molar-refractivity contribution in [3.05, 3.63) is 94.1 Å². The van der Waals surface area contributed by atoms with Crippen molar-refractivity contribution >= 4 is 28.9 Å². The van der Waals surface area contributed by atoms with Crippen molar-refractivity contribution in [3.63, 3.8) is 0 Å². The summed E-state index contributed by atoms with van der Waals surface area (Å²) in [5.41, 5.74) is 14.4. The highest BCUT2D eigenvalue weighted by Gasteiger charge is 2.25. The van der Waals surface area contributed by atoms with Crippen LogP contribution in [0.2, 0.25) is 5.02 Å². The van der Waals surface area contributed by atoms with E-state index in [1.807, 2.05) is 48.0 Å². The number of fused-ring (bicyclic) bond motifs is 3. The van der Waals surface area contributed by atoms with Crippen LogP contribution >= 0.6 is 11.6 Å². The number of nitrogens with zero attached hydrogens (tertiary/aromatic N) is 2. The van der Waals surface area contributed by atoms with Gasteiger partial charge in [0.25, 0.3) is 5.91 Å². The Morgan fingerprint density at radius 2 is 1.90 bits per heavy atom. The van der Waals surface area contributed by atoms with E-state index in [9.17, 15) is 4.79 Å². The molecule has 4 aromatic rings. The van der Waals surface area contributed by atoms with Gasteiger partial charge in [0.05, 0.1) is 27.7 Å². The first kappa shape index (κ1) is 19.4. The zero-order valence-corrected chi connectivity index (χ0v) is 17.8. The summed E-state index contributed by atoms with van der Waals surface area (Å²) in [4.78, 5) is 12.8. The topological polar surface area (TPSA) is 72.9 Å². The molecule has 3 N–H and O–H groups in total. The normalized spacial score (nSPS) is 12.2. The first-order valence-electron chi connectivity index (χ1n) is 10.1. The fourth-order valence-electron chi connectivity index (χ4n) is 4.17. The second-order valence-corrected chi connectivity index (χ2v) is 8.13. The predicted molar refractivity (Wildman–Crippen MR) is 125 cm³/mol. The van der Waals surface area contributed by atoms with E-state index in [0.717, 1.165) is 41.2 Å². The molecular formula is C25H21ClN4O. The van der Waals surface area contributed by atoms with Crippen LogP contribution in [0, 0.1) is 6.92 Å². The maximum absolute atomic E-state index is 12.8. The minimum Gasteiger partial charge on any atom is -0.399 e. The maximum Gasteiger partial charge on any atom is 0.257 e. The molecule has 0 bridgehead atoms. The Balaban J connectivity index is 1.58. The highest BCUT2D eigenvalue weighted by Crippen LogP contribution is 2.38. The summed E-state index contributed by atoms with van der Waals surface area (Å²) in [5.74, 6) is -0.234. The summed E-state index contributed by atoms with van der Waals surface area (Å²) in [6, 6.07) is 20.8. The lowest BCUT2D eigenvalue weighted by atomic mass is 9.88. The second-order valence-electron chi connectivity index (χ2n) is 7.73. The van der Waals surface area contributed by atoms with Gasteiger partial charge >= 0.3 is 0 Å². The number of nitrogen functional groups attached to an aromatic ring is 1. The summed E-state index contributed by atoms with van der Waals surface area (Å²) in [7, 11) is 0. The van der Waals surface area contributed by atoms with Gasteiger partial charge in [-0.25, -0.2) is 4.68 Å². The molecular weight excluding hydrogens is 408 g/mol. The van der Waals surface area contributed by atoms with Crippen LogP contribution in [-0.4, -0.2) is 15.7 Å². The quantitative estimate of drug-likeness (QED) is 0.427. The molecule has 5 nitrogen and oxygen atoms in total. The molecule has 1 aliphatic rings. The number of aryl methyl sites for hydroxylation is 2. The molecule has 0 unspecified atom stereocenters. The number of nitrogens with two attached hydrogens (primary N) is 1. The molecule has 1 heterocycles. The molecule has 0 saturated carbocycles. The number of anilines is 2. The van der Waals surface area contributed by atoms with Gasteiger partial charge < -0.3 is 11.1 Å². The predicted octanol–water partition coefficient (Wildman–Crippen LogP) is 5.43. The minimum atomic E-state index is -0.234. The lowest BCUT2D eigenvalue weighted by molar-refractivity contribution is 0.102. The zero-order chi connectivity index (χ0) is 21.5. The van der Waals surface area contributed by atoms with Gasteiger partial charge in [0.15, 0.2) is 0 Å². The fraction of sp³-hybridized carbons (Fsp3) is 0.120. The van der Waals surface area contributed by atoms with Crippen molar-refractivity contribution < 1.29 is 4.79 Å². The van der Waals surface area contributed by atoms with Gasteiger partial charge in [-0.3, -0.25) is 4.79 Å².